The molecule has 1 saturated heterocycles. The Kier molecular flexibility index (Phi) is 9.15. The number of tetrazole rings is 1. The van der Waals surface area contributed by atoms with Crippen LogP contribution in [-0.2, 0) is 11.3 Å². The van der Waals surface area contributed by atoms with Crippen LogP contribution in [0.4, 0.5) is 11.6 Å². The van der Waals surface area contributed by atoms with Gasteiger partial charge in [0.2, 0.25) is 5.95 Å². The maximum atomic E-state index is 6.44. The maximum Gasteiger partial charge on any atom is 0.227 e. The number of rotatable bonds is 10. The molecule has 0 spiro atoms. The number of nitrogens with one attached hydrogen (secondary N) is 2. The highest BCUT2D eigenvalue weighted by Gasteiger charge is 2.31. The van der Waals surface area contributed by atoms with Crippen LogP contribution in [0.25, 0.3) is 11.1 Å². The fourth-order valence-electron chi connectivity index (χ4n) is 5.96. The fraction of sp³-hybridized carbons (Fsp3) is 0.533. The van der Waals surface area contributed by atoms with Gasteiger partial charge in [-0.15, -0.1) is 5.10 Å². The van der Waals surface area contributed by atoms with Crippen molar-refractivity contribution < 1.29 is 9.47 Å². The molecule has 6 rings (SSSR count). The zero-order valence-corrected chi connectivity index (χ0v) is 25.6. The van der Waals surface area contributed by atoms with Crippen molar-refractivity contribution in [1.29, 1.82) is 0 Å². The van der Waals surface area contributed by atoms with Gasteiger partial charge in [-0.2, -0.15) is 5.10 Å². The molecule has 1 saturated carbocycles. The van der Waals surface area contributed by atoms with Gasteiger partial charge in [-0.05, 0) is 72.6 Å². The summed E-state index contributed by atoms with van der Waals surface area (Å²) in [6.45, 7) is 9.51. The standard InChI is InChI=1S/C30H39ClN10O2/c1-19(2)29-26(17-41(37-29)24-7-4-21(5-8-24)28-15-32-10-11-42-28)36-30-33-13-23(14-34-30)22-6-9-25(31)27(12-22)43-20(3)16-40-18-35-38-39-40/h6,9,12-14,17-21,24,28,32H,4-5,7-8,10-11,15-16H2,1-3H3,(H,33,34,36). The third-order valence-corrected chi connectivity index (χ3v) is 8.54. The summed E-state index contributed by atoms with van der Waals surface area (Å²) in [5.41, 5.74) is 3.73. The van der Waals surface area contributed by atoms with E-state index in [0.717, 1.165) is 67.9 Å². The predicted octanol–water partition coefficient (Wildman–Crippen LogP) is 5.03. The van der Waals surface area contributed by atoms with E-state index in [1.165, 1.54) is 0 Å². The molecule has 4 heterocycles. The van der Waals surface area contributed by atoms with Crippen LogP contribution in [-0.4, -0.2) is 71.9 Å². The van der Waals surface area contributed by atoms with Crippen LogP contribution in [0, 0.1) is 5.92 Å². The normalized spacial score (nSPS) is 21.6. The molecule has 2 unspecified atom stereocenters. The average Bonchev–Trinajstić information content (AvgIpc) is 3.70. The largest absolute Gasteiger partial charge is 0.487 e. The fourth-order valence-corrected chi connectivity index (χ4v) is 6.12. The van der Waals surface area contributed by atoms with Crippen LogP contribution < -0.4 is 15.4 Å². The topological polar surface area (TPSA) is 130 Å². The number of hydrogen-bond acceptors (Lipinski definition) is 10. The Hall–Kier alpha value is -3.61. The molecule has 2 fully saturated rings. The Morgan fingerprint density at radius 3 is 2.63 bits per heavy atom. The maximum absolute atomic E-state index is 6.44. The van der Waals surface area contributed by atoms with Crippen LogP contribution >= 0.6 is 11.6 Å². The lowest BCUT2D eigenvalue weighted by molar-refractivity contribution is -0.0229. The van der Waals surface area contributed by atoms with E-state index in [9.17, 15) is 0 Å². The van der Waals surface area contributed by atoms with E-state index in [-0.39, 0.29) is 12.0 Å². The molecule has 43 heavy (non-hydrogen) atoms. The molecule has 0 amide bonds. The third kappa shape index (κ3) is 7.14. The zero-order valence-electron chi connectivity index (χ0n) is 24.9. The van der Waals surface area contributed by atoms with Crippen LogP contribution in [0.5, 0.6) is 5.75 Å². The Labute approximate surface area is 256 Å². The smallest absolute Gasteiger partial charge is 0.227 e. The summed E-state index contributed by atoms with van der Waals surface area (Å²) >= 11 is 6.44. The van der Waals surface area contributed by atoms with Gasteiger partial charge in [0, 0.05) is 37.2 Å². The third-order valence-electron chi connectivity index (χ3n) is 8.23. The van der Waals surface area contributed by atoms with Gasteiger partial charge in [-0.1, -0.05) is 31.5 Å². The summed E-state index contributed by atoms with van der Waals surface area (Å²) in [6.07, 6.45) is 12.0. The molecular formula is C30H39ClN10O2. The monoisotopic (exact) mass is 606 g/mol. The van der Waals surface area contributed by atoms with E-state index in [1.54, 1.807) is 23.4 Å². The molecule has 0 bridgehead atoms. The van der Waals surface area contributed by atoms with Crippen molar-refractivity contribution in [3.05, 3.63) is 53.8 Å². The first-order chi connectivity index (χ1) is 20.9. The summed E-state index contributed by atoms with van der Waals surface area (Å²) in [5.74, 6) is 1.98. The second-order valence-electron chi connectivity index (χ2n) is 11.8. The van der Waals surface area contributed by atoms with Crippen LogP contribution in [0.2, 0.25) is 5.02 Å². The summed E-state index contributed by atoms with van der Waals surface area (Å²) in [4.78, 5) is 9.24. The lowest BCUT2D eigenvalue weighted by Gasteiger charge is -2.36. The minimum atomic E-state index is -0.187. The van der Waals surface area contributed by atoms with Gasteiger partial charge >= 0.3 is 0 Å². The van der Waals surface area contributed by atoms with Crippen LogP contribution in [0.15, 0.2) is 43.1 Å². The van der Waals surface area contributed by atoms with Crippen molar-refractivity contribution >= 4 is 23.2 Å². The van der Waals surface area contributed by atoms with Crippen molar-refractivity contribution in [2.75, 3.05) is 25.0 Å². The molecule has 1 aliphatic carbocycles. The molecule has 3 aromatic heterocycles. The van der Waals surface area contributed by atoms with Crippen LogP contribution in [0.1, 0.15) is 64.1 Å². The summed E-state index contributed by atoms with van der Waals surface area (Å²) in [6, 6.07) is 6.04. The van der Waals surface area contributed by atoms with Gasteiger partial charge in [-0.3, -0.25) is 4.68 Å². The summed E-state index contributed by atoms with van der Waals surface area (Å²) < 4.78 is 15.9. The van der Waals surface area contributed by atoms with Crippen molar-refractivity contribution in [2.45, 2.75) is 77.2 Å². The van der Waals surface area contributed by atoms with E-state index in [2.05, 4.69) is 60.9 Å². The molecule has 13 heteroatoms. The van der Waals surface area contributed by atoms with Gasteiger partial charge in [0.25, 0.3) is 0 Å². The molecular weight excluding hydrogens is 568 g/mol. The molecule has 228 valence electrons. The molecule has 2 N–H and O–H groups in total. The number of aromatic nitrogens is 8. The van der Waals surface area contributed by atoms with Crippen molar-refractivity contribution in [3.8, 4) is 16.9 Å². The summed E-state index contributed by atoms with van der Waals surface area (Å²) in [7, 11) is 0. The Balaban J connectivity index is 1.11. The van der Waals surface area contributed by atoms with Gasteiger partial charge in [0.05, 0.1) is 41.7 Å². The van der Waals surface area contributed by atoms with E-state index >= 15 is 0 Å². The van der Waals surface area contributed by atoms with E-state index in [4.69, 9.17) is 26.2 Å². The predicted molar refractivity (Wildman–Crippen MR) is 164 cm³/mol. The molecule has 1 aliphatic heterocycles. The first-order valence-corrected chi connectivity index (χ1v) is 15.5. The number of halogens is 1. The minimum Gasteiger partial charge on any atom is -0.487 e. The van der Waals surface area contributed by atoms with Crippen molar-refractivity contribution in [3.63, 3.8) is 0 Å². The average molecular weight is 607 g/mol. The second-order valence-corrected chi connectivity index (χ2v) is 12.2. The first kappa shape index (κ1) is 29.5. The molecule has 0 radical (unpaired) electrons. The highest BCUT2D eigenvalue weighted by Crippen LogP contribution is 2.37. The van der Waals surface area contributed by atoms with Crippen LogP contribution in [0.3, 0.4) is 0 Å². The highest BCUT2D eigenvalue weighted by atomic mass is 35.5. The SMILES string of the molecule is CC(Cn1cnnn1)Oc1cc(-c2cnc(Nc3cn(C4CCC(C5CNCCO5)CC4)nc3C(C)C)nc2)ccc1Cl. The Morgan fingerprint density at radius 2 is 1.93 bits per heavy atom. The summed E-state index contributed by atoms with van der Waals surface area (Å²) in [5, 5.41) is 23.6. The number of morpholine rings is 1. The first-order valence-electron chi connectivity index (χ1n) is 15.1. The number of benzene rings is 1. The molecule has 4 aromatic rings. The molecule has 12 nitrogen and oxygen atoms in total. The minimum absolute atomic E-state index is 0.187. The molecule has 1 aromatic carbocycles. The zero-order chi connectivity index (χ0) is 29.8. The lowest BCUT2D eigenvalue weighted by Crippen LogP contribution is -2.43. The lowest BCUT2D eigenvalue weighted by atomic mass is 9.82. The number of anilines is 2. The highest BCUT2D eigenvalue weighted by molar-refractivity contribution is 6.32. The number of ether oxygens (including phenoxy) is 2. The van der Waals surface area contributed by atoms with Crippen molar-refractivity contribution in [1.82, 2.24) is 45.3 Å². The van der Waals surface area contributed by atoms with Crippen molar-refractivity contribution in [2.24, 2.45) is 5.92 Å². The van der Waals surface area contributed by atoms with Gasteiger partial charge in [-0.25, -0.2) is 14.6 Å². The van der Waals surface area contributed by atoms with E-state index in [0.29, 0.717) is 41.3 Å². The quantitative estimate of drug-likeness (QED) is 0.253. The Bertz CT molecular complexity index is 1460. The van der Waals surface area contributed by atoms with E-state index in [1.807, 2.05) is 25.1 Å². The Morgan fingerprint density at radius 1 is 1.12 bits per heavy atom. The molecule has 2 aliphatic rings. The van der Waals surface area contributed by atoms with E-state index < -0.39 is 0 Å². The molecule has 2 atom stereocenters. The van der Waals surface area contributed by atoms with Gasteiger partial charge < -0.3 is 20.1 Å². The number of nitrogens with zero attached hydrogens (tertiary/aromatic N) is 8. The van der Waals surface area contributed by atoms with Gasteiger partial charge in [0.1, 0.15) is 18.2 Å². The number of hydrogen-bond donors (Lipinski definition) is 2. The van der Waals surface area contributed by atoms with Gasteiger partial charge in [0.15, 0.2) is 0 Å². The second kappa shape index (κ2) is 13.4.